The van der Waals surface area contributed by atoms with Crippen LogP contribution in [0.15, 0.2) is 0 Å². The minimum absolute atomic E-state index is 0.0167. The van der Waals surface area contributed by atoms with Crippen LogP contribution in [0.1, 0.15) is 19.3 Å². The molecule has 6 heteroatoms. The Morgan fingerprint density at radius 3 is 2.71 bits per heavy atom. The third-order valence-corrected chi connectivity index (χ3v) is 1.92. The van der Waals surface area contributed by atoms with Gasteiger partial charge in [0.25, 0.3) is 0 Å². The van der Waals surface area contributed by atoms with E-state index in [0.717, 1.165) is 19.3 Å². The minimum atomic E-state index is -4.28. The van der Waals surface area contributed by atoms with Crippen LogP contribution in [-0.4, -0.2) is 32.0 Å². The summed E-state index contributed by atoms with van der Waals surface area (Å²) in [5.41, 5.74) is 2.27. The van der Waals surface area contributed by atoms with Crippen LogP contribution in [0.5, 0.6) is 0 Å². The molecule has 1 N–H and O–H groups in total. The van der Waals surface area contributed by atoms with E-state index in [9.17, 15) is 13.2 Å². The molecule has 1 atom stereocenters. The van der Waals surface area contributed by atoms with Crippen LogP contribution < -0.4 is 5.48 Å². The van der Waals surface area contributed by atoms with Crippen molar-refractivity contribution in [2.75, 3.05) is 19.8 Å². The first-order chi connectivity index (χ1) is 6.58. The standard InChI is InChI=1S/C8H14F3NO2/c9-8(10,11)6-14-12-5-7-3-1-2-4-13-7/h7,12H,1-6H2. The van der Waals surface area contributed by atoms with Gasteiger partial charge in [-0.15, -0.1) is 0 Å². The lowest BCUT2D eigenvalue weighted by molar-refractivity contribution is -0.192. The van der Waals surface area contributed by atoms with E-state index in [1.54, 1.807) is 0 Å². The average molecular weight is 213 g/mol. The highest BCUT2D eigenvalue weighted by molar-refractivity contribution is 4.63. The van der Waals surface area contributed by atoms with Gasteiger partial charge < -0.3 is 4.74 Å². The SMILES string of the molecule is FC(F)(F)CONCC1CCCCO1. The van der Waals surface area contributed by atoms with Crippen molar-refractivity contribution in [3.05, 3.63) is 0 Å². The Hall–Kier alpha value is -0.330. The molecule has 0 amide bonds. The van der Waals surface area contributed by atoms with Crippen molar-refractivity contribution < 1.29 is 22.7 Å². The summed E-state index contributed by atoms with van der Waals surface area (Å²) in [7, 11) is 0. The van der Waals surface area contributed by atoms with E-state index in [1.165, 1.54) is 0 Å². The second kappa shape index (κ2) is 5.53. The molecule has 0 aliphatic carbocycles. The maximum absolute atomic E-state index is 11.6. The molecule has 1 aliphatic heterocycles. The van der Waals surface area contributed by atoms with Crippen LogP contribution >= 0.6 is 0 Å². The molecule has 0 aromatic rings. The molecule has 1 unspecified atom stereocenters. The first-order valence-electron chi connectivity index (χ1n) is 4.61. The fraction of sp³-hybridized carbons (Fsp3) is 1.00. The summed E-state index contributed by atoms with van der Waals surface area (Å²) >= 11 is 0. The van der Waals surface area contributed by atoms with Gasteiger partial charge in [0, 0.05) is 13.2 Å². The fourth-order valence-corrected chi connectivity index (χ4v) is 1.25. The molecule has 3 nitrogen and oxygen atoms in total. The normalized spacial score (nSPS) is 23.8. The topological polar surface area (TPSA) is 30.5 Å². The van der Waals surface area contributed by atoms with Crippen LogP contribution in [0.4, 0.5) is 13.2 Å². The lowest BCUT2D eigenvalue weighted by Crippen LogP contribution is -2.34. The van der Waals surface area contributed by atoms with E-state index in [0.29, 0.717) is 13.2 Å². The van der Waals surface area contributed by atoms with Crippen molar-refractivity contribution in [1.29, 1.82) is 0 Å². The lowest BCUT2D eigenvalue weighted by atomic mass is 10.1. The second-order valence-electron chi connectivity index (χ2n) is 3.24. The van der Waals surface area contributed by atoms with Crippen molar-refractivity contribution >= 4 is 0 Å². The number of halogens is 3. The molecule has 1 rings (SSSR count). The number of hydrogen-bond donors (Lipinski definition) is 1. The Balaban J connectivity index is 1.97. The summed E-state index contributed by atoms with van der Waals surface area (Å²) in [5, 5.41) is 0. The summed E-state index contributed by atoms with van der Waals surface area (Å²) < 4.78 is 40.2. The van der Waals surface area contributed by atoms with Crippen LogP contribution in [0.3, 0.4) is 0 Å². The van der Waals surface area contributed by atoms with Crippen molar-refractivity contribution in [2.45, 2.75) is 31.5 Å². The molecular formula is C8H14F3NO2. The second-order valence-corrected chi connectivity index (χ2v) is 3.24. The van der Waals surface area contributed by atoms with E-state index in [4.69, 9.17) is 4.74 Å². The predicted octanol–water partition coefficient (Wildman–Crippen LogP) is 1.64. The first-order valence-corrected chi connectivity index (χ1v) is 4.61. The van der Waals surface area contributed by atoms with Crippen LogP contribution in [0.2, 0.25) is 0 Å². The highest BCUT2D eigenvalue weighted by Crippen LogP contribution is 2.14. The molecule has 0 radical (unpaired) electrons. The van der Waals surface area contributed by atoms with Gasteiger partial charge >= 0.3 is 6.18 Å². The zero-order valence-corrected chi connectivity index (χ0v) is 7.77. The minimum Gasteiger partial charge on any atom is -0.377 e. The largest absolute Gasteiger partial charge is 0.413 e. The summed E-state index contributed by atoms with van der Waals surface area (Å²) in [6.45, 7) is -0.262. The first kappa shape index (κ1) is 11.7. The number of ether oxygens (including phenoxy) is 1. The van der Waals surface area contributed by atoms with Crippen LogP contribution in [0.25, 0.3) is 0 Å². The Morgan fingerprint density at radius 1 is 1.36 bits per heavy atom. The van der Waals surface area contributed by atoms with Crippen molar-refractivity contribution in [3.8, 4) is 0 Å². The van der Waals surface area contributed by atoms with Crippen LogP contribution in [-0.2, 0) is 9.57 Å². The molecule has 14 heavy (non-hydrogen) atoms. The van der Waals surface area contributed by atoms with E-state index in [-0.39, 0.29) is 6.10 Å². The van der Waals surface area contributed by atoms with Gasteiger partial charge in [-0.25, -0.2) is 0 Å². The average Bonchev–Trinajstić information content (AvgIpc) is 2.13. The Bertz CT molecular complexity index is 157. The quantitative estimate of drug-likeness (QED) is 0.568. The fourth-order valence-electron chi connectivity index (χ4n) is 1.25. The maximum Gasteiger partial charge on any atom is 0.413 e. The molecular weight excluding hydrogens is 199 g/mol. The van der Waals surface area contributed by atoms with Crippen LogP contribution in [0, 0.1) is 0 Å². The summed E-state index contributed by atoms with van der Waals surface area (Å²) in [4.78, 5) is 4.25. The molecule has 1 fully saturated rings. The predicted molar refractivity (Wildman–Crippen MR) is 43.6 cm³/mol. The van der Waals surface area contributed by atoms with Gasteiger partial charge in [-0.3, -0.25) is 4.84 Å². The van der Waals surface area contributed by atoms with Gasteiger partial charge in [0.15, 0.2) is 6.61 Å². The van der Waals surface area contributed by atoms with Gasteiger partial charge in [0.1, 0.15) is 0 Å². The van der Waals surface area contributed by atoms with E-state index in [2.05, 4.69) is 10.3 Å². The van der Waals surface area contributed by atoms with Gasteiger partial charge in [0.2, 0.25) is 0 Å². The molecule has 1 aliphatic rings. The molecule has 1 saturated heterocycles. The van der Waals surface area contributed by atoms with Gasteiger partial charge in [-0.05, 0) is 19.3 Å². The van der Waals surface area contributed by atoms with Gasteiger partial charge in [-0.1, -0.05) is 0 Å². The molecule has 0 spiro atoms. The monoisotopic (exact) mass is 213 g/mol. The maximum atomic E-state index is 11.6. The molecule has 0 bridgehead atoms. The molecule has 0 aromatic heterocycles. The van der Waals surface area contributed by atoms with E-state index >= 15 is 0 Å². The number of alkyl halides is 3. The third kappa shape index (κ3) is 5.41. The molecule has 0 saturated carbocycles. The number of hydrogen-bond acceptors (Lipinski definition) is 3. The van der Waals surface area contributed by atoms with Gasteiger partial charge in [-0.2, -0.15) is 18.7 Å². The smallest absolute Gasteiger partial charge is 0.377 e. The van der Waals surface area contributed by atoms with Gasteiger partial charge in [0.05, 0.1) is 6.10 Å². The zero-order chi connectivity index (χ0) is 10.4. The highest BCUT2D eigenvalue weighted by atomic mass is 19.4. The number of rotatable bonds is 4. The Kier molecular flexibility index (Phi) is 4.64. The van der Waals surface area contributed by atoms with E-state index < -0.39 is 12.8 Å². The number of hydroxylamine groups is 1. The summed E-state index contributed by atoms with van der Waals surface area (Å²) in [6, 6.07) is 0. The number of nitrogens with one attached hydrogen (secondary N) is 1. The Morgan fingerprint density at radius 2 is 2.14 bits per heavy atom. The highest BCUT2D eigenvalue weighted by Gasteiger charge is 2.27. The van der Waals surface area contributed by atoms with Crippen molar-refractivity contribution in [2.24, 2.45) is 0 Å². The van der Waals surface area contributed by atoms with Crippen molar-refractivity contribution in [1.82, 2.24) is 5.48 Å². The summed E-state index contributed by atoms with van der Waals surface area (Å²) in [6.07, 6.45) is -1.33. The zero-order valence-electron chi connectivity index (χ0n) is 7.77. The van der Waals surface area contributed by atoms with E-state index in [1.807, 2.05) is 0 Å². The lowest BCUT2D eigenvalue weighted by Gasteiger charge is -2.22. The molecule has 84 valence electrons. The molecule has 1 heterocycles. The summed E-state index contributed by atoms with van der Waals surface area (Å²) in [5.74, 6) is 0. The van der Waals surface area contributed by atoms with Crippen molar-refractivity contribution in [3.63, 3.8) is 0 Å². The molecule has 0 aromatic carbocycles. The Labute approximate surface area is 80.5 Å². The third-order valence-electron chi connectivity index (χ3n) is 1.92.